The Bertz CT molecular complexity index is 1100. The van der Waals surface area contributed by atoms with Gasteiger partial charge in [-0.05, 0) is 57.8 Å². The second kappa shape index (κ2) is 39.2. The Morgan fingerprint density at radius 2 is 1.02 bits per heavy atom. The lowest BCUT2D eigenvalue weighted by atomic mass is 10.1. The maximum atomic E-state index is 12.5. The standard InChI is InChI=1S/C43H74NO8P/c1-3-5-7-9-11-13-15-17-19-20-22-24-26-28-30-32-34-36-43(46)52-41(40-51-53(47,48)50-38-37-44)39-49-42(45)35-33-31-29-27-25-23-21-18-16-14-12-10-8-6-4-2/h7,9,13,15,19-20,24,26,29-32,41H,3-6,8,10-12,14,16-18,21-23,25,27-28,33-40,44H2,1-2H3,(H,47,48)/b9-7-,15-13-,20-19-,26-24-,31-29-,32-30-. The van der Waals surface area contributed by atoms with Gasteiger partial charge in [-0.1, -0.05) is 157 Å². The van der Waals surface area contributed by atoms with Gasteiger partial charge in [0.1, 0.15) is 6.61 Å². The first-order valence-corrected chi connectivity index (χ1v) is 21.9. The van der Waals surface area contributed by atoms with Crippen molar-refractivity contribution in [1.29, 1.82) is 0 Å². The minimum atomic E-state index is -4.40. The van der Waals surface area contributed by atoms with Gasteiger partial charge in [-0.25, -0.2) is 4.57 Å². The lowest BCUT2D eigenvalue weighted by Gasteiger charge is -2.19. The van der Waals surface area contributed by atoms with Crippen LogP contribution in [0.2, 0.25) is 0 Å². The highest BCUT2D eigenvalue weighted by atomic mass is 31.2. The van der Waals surface area contributed by atoms with E-state index in [4.69, 9.17) is 24.3 Å². The molecule has 0 heterocycles. The normalized spacial score (nSPS) is 14.1. The summed E-state index contributed by atoms with van der Waals surface area (Å²) in [6.45, 7) is 3.52. The first-order chi connectivity index (χ1) is 25.8. The fraction of sp³-hybridized carbons (Fsp3) is 0.674. The predicted octanol–water partition coefficient (Wildman–Crippen LogP) is 11.5. The number of hydrogen-bond donors (Lipinski definition) is 2. The molecule has 0 spiro atoms. The number of carbonyl (C=O) groups is 2. The van der Waals surface area contributed by atoms with Crippen LogP contribution in [0.5, 0.6) is 0 Å². The quantitative estimate of drug-likeness (QED) is 0.0274. The molecule has 0 saturated heterocycles. The number of rotatable bonds is 37. The van der Waals surface area contributed by atoms with Gasteiger partial charge in [0.2, 0.25) is 0 Å². The molecule has 0 saturated carbocycles. The molecule has 0 aromatic carbocycles. The zero-order valence-corrected chi connectivity index (χ0v) is 34.1. The third-order valence-corrected chi connectivity index (χ3v) is 9.06. The van der Waals surface area contributed by atoms with E-state index in [9.17, 15) is 19.0 Å². The van der Waals surface area contributed by atoms with E-state index < -0.39 is 32.5 Å². The van der Waals surface area contributed by atoms with Crippen molar-refractivity contribution in [1.82, 2.24) is 0 Å². The second-order valence-corrected chi connectivity index (χ2v) is 14.6. The number of nitrogens with two attached hydrogens (primary N) is 1. The molecule has 0 aromatic heterocycles. The molecule has 0 aromatic rings. The number of phosphoric acid groups is 1. The van der Waals surface area contributed by atoms with E-state index >= 15 is 0 Å². The predicted molar refractivity (Wildman–Crippen MR) is 219 cm³/mol. The first-order valence-electron chi connectivity index (χ1n) is 20.4. The molecule has 53 heavy (non-hydrogen) atoms. The van der Waals surface area contributed by atoms with Crippen molar-refractivity contribution in [3.05, 3.63) is 72.9 Å². The average Bonchev–Trinajstić information content (AvgIpc) is 3.14. The molecule has 0 aliphatic heterocycles. The fourth-order valence-corrected chi connectivity index (χ4v) is 5.82. The van der Waals surface area contributed by atoms with Crippen molar-refractivity contribution in [3.8, 4) is 0 Å². The first kappa shape index (κ1) is 50.5. The molecule has 0 fully saturated rings. The third kappa shape index (κ3) is 39.0. The molecule has 0 aliphatic rings. The van der Waals surface area contributed by atoms with Gasteiger partial charge in [0.15, 0.2) is 6.10 Å². The van der Waals surface area contributed by atoms with Gasteiger partial charge in [0, 0.05) is 19.4 Å². The molecular weight excluding hydrogens is 689 g/mol. The van der Waals surface area contributed by atoms with Crippen molar-refractivity contribution in [2.75, 3.05) is 26.4 Å². The third-order valence-electron chi connectivity index (χ3n) is 8.07. The summed E-state index contributed by atoms with van der Waals surface area (Å²) in [4.78, 5) is 34.7. The summed E-state index contributed by atoms with van der Waals surface area (Å²) >= 11 is 0. The summed E-state index contributed by atoms with van der Waals surface area (Å²) < 4.78 is 32.6. The highest BCUT2D eigenvalue weighted by Gasteiger charge is 2.25. The van der Waals surface area contributed by atoms with Crippen molar-refractivity contribution in [3.63, 3.8) is 0 Å². The second-order valence-electron chi connectivity index (χ2n) is 13.1. The summed E-state index contributed by atoms with van der Waals surface area (Å²) in [6, 6.07) is 0. The van der Waals surface area contributed by atoms with E-state index in [0.29, 0.717) is 12.8 Å². The minimum Gasteiger partial charge on any atom is -0.462 e. The summed E-state index contributed by atoms with van der Waals surface area (Å²) in [6.07, 6.45) is 46.7. The van der Waals surface area contributed by atoms with Crippen LogP contribution in [-0.4, -0.2) is 49.3 Å². The Hall–Kier alpha value is -2.55. The molecule has 3 N–H and O–H groups in total. The Labute approximate surface area is 322 Å². The Morgan fingerprint density at radius 3 is 1.55 bits per heavy atom. The van der Waals surface area contributed by atoms with Crippen molar-refractivity contribution < 1.29 is 37.6 Å². The molecule has 2 atom stereocenters. The molecule has 0 bridgehead atoms. The van der Waals surface area contributed by atoms with Crippen LogP contribution in [0, 0.1) is 0 Å². The highest BCUT2D eigenvalue weighted by molar-refractivity contribution is 7.47. The SMILES string of the molecule is CCC/C=C\C/C=C\C/C=C\C/C=C\C/C=C\CCC(=O)OC(COC(=O)CC/C=C\CCCCCCCCCCCCC)COP(=O)(O)OCCN. The van der Waals surface area contributed by atoms with Crippen LogP contribution in [0.4, 0.5) is 0 Å². The van der Waals surface area contributed by atoms with Crippen LogP contribution < -0.4 is 5.73 Å². The molecular formula is C43H74NO8P. The van der Waals surface area contributed by atoms with Gasteiger partial charge >= 0.3 is 19.8 Å². The smallest absolute Gasteiger partial charge is 0.462 e. The Kier molecular flexibility index (Phi) is 37.3. The maximum absolute atomic E-state index is 12.5. The summed E-state index contributed by atoms with van der Waals surface area (Å²) in [5.41, 5.74) is 5.33. The van der Waals surface area contributed by atoms with Crippen LogP contribution in [0.25, 0.3) is 0 Å². The highest BCUT2D eigenvalue weighted by Crippen LogP contribution is 2.43. The van der Waals surface area contributed by atoms with E-state index in [1.807, 2.05) is 18.2 Å². The summed E-state index contributed by atoms with van der Waals surface area (Å²) in [7, 11) is -4.40. The molecule has 10 heteroatoms. The zero-order chi connectivity index (χ0) is 38.9. The van der Waals surface area contributed by atoms with Crippen LogP contribution >= 0.6 is 7.82 Å². The number of phosphoric ester groups is 1. The average molecular weight is 764 g/mol. The molecule has 2 unspecified atom stereocenters. The van der Waals surface area contributed by atoms with E-state index in [1.54, 1.807) is 0 Å². The van der Waals surface area contributed by atoms with Crippen molar-refractivity contribution in [2.24, 2.45) is 5.73 Å². The van der Waals surface area contributed by atoms with Crippen molar-refractivity contribution >= 4 is 19.8 Å². The molecule has 0 aliphatic carbocycles. The number of carbonyl (C=O) groups excluding carboxylic acids is 2. The topological polar surface area (TPSA) is 134 Å². The van der Waals surface area contributed by atoms with E-state index in [2.05, 4.69) is 68.5 Å². The monoisotopic (exact) mass is 764 g/mol. The summed E-state index contributed by atoms with van der Waals surface area (Å²) in [5.74, 6) is -0.988. The maximum Gasteiger partial charge on any atom is 0.472 e. The fourth-order valence-electron chi connectivity index (χ4n) is 5.05. The molecule has 0 radical (unpaired) electrons. The van der Waals surface area contributed by atoms with E-state index in [0.717, 1.165) is 44.9 Å². The number of esters is 2. The number of unbranched alkanes of at least 4 members (excludes halogenated alkanes) is 12. The van der Waals surface area contributed by atoms with Gasteiger partial charge in [-0.3, -0.25) is 18.6 Å². The van der Waals surface area contributed by atoms with Gasteiger partial charge < -0.3 is 20.1 Å². The molecule has 304 valence electrons. The van der Waals surface area contributed by atoms with Gasteiger partial charge in [0.05, 0.1) is 13.2 Å². The van der Waals surface area contributed by atoms with Crippen molar-refractivity contribution in [2.45, 2.75) is 161 Å². The molecule has 0 amide bonds. The van der Waals surface area contributed by atoms with Gasteiger partial charge in [0.25, 0.3) is 0 Å². The van der Waals surface area contributed by atoms with Crippen LogP contribution in [-0.2, 0) is 32.7 Å². The van der Waals surface area contributed by atoms with Crippen LogP contribution in [0.3, 0.4) is 0 Å². The summed E-state index contributed by atoms with van der Waals surface area (Å²) in [5, 5.41) is 0. The minimum absolute atomic E-state index is 0.0353. The number of allylic oxidation sites excluding steroid dienone is 12. The van der Waals surface area contributed by atoms with E-state index in [1.165, 1.54) is 70.6 Å². The lowest BCUT2D eigenvalue weighted by molar-refractivity contribution is -0.161. The zero-order valence-electron chi connectivity index (χ0n) is 33.2. The number of ether oxygens (including phenoxy) is 2. The van der Waals surface area contributed by atoms with Gasteiger partial charge in [-0.15, -0.1) is 0 Å². The largest absolute Gasteiger partial charge is 0.472 e. The van der Waals surface area contributed by atoms with E-state index in [-0.39, 0.29) is 32.6 Å². The van der Waals surface area contributed by atoms with Gasteiger partial charge in [-0.2, -0.15) is 0 Å². The Morgan fingerprint density at radius 1 is 0.566 bits per heavy atom. The Balaban J connectivity index is 4.37. The van der Waals surface area contributed by atoms with Crippen LogP contribution in [0.15, 0.2) is 72.9 Å². The lowest BCUT2D eigenvalue weighted by Crippen LogP contribution is -2.29. The molecule has 9 nitrogen and oxygen atoms in total. The molecule has 0 rings (SSSR count). The van der Waals surface area contributed by atoms with Crippen LogP contribution in [0.1, 0.15) is 155 Å². The number of hydrogen-bond acceptors (Lipinski definition) is 8.